The van der Waals surface area contributed by atoms with Gasteiger partial charge in [-0.05, 0) is 32.9 Å². The first-order valence-electron chi connectivity index (χ1n) is 7.23. The molecule has 4 nitrogen and oxygen atoms in total. The molecule has 0 saturated carbocycles. The standard InChI is InChI=1S/C16H25NO3/c1-5-14(17-6-2)13-9-7-8-10-15(13)19-11-16(18)20-12(3)4/h7-10,12,14,17H,5-6,11H2,1-4H3. The van der Waals surface area contributed by atoms with E-state index in [0.29, 0.717) is 0 Å². The lowest BCUT2D eigenvalue weighted by molar-refractivity contribution is -0.149. The zero-order valence-electron chi connectivity index (χ0n) is 12.8. The van der Waals surface area contributed by atoms with Crippen LogP contribution in [0.15, 0.2) is 24.3 Å². The molecule has 1 unspecified atom stereocenters. The van der Waals surface area contributed by atoms with Crippen LogP contribution in [0.5, 0.6) is 5.75 Å². The summed E-state index contributed by atoms with van der Waals surface area (Å²) < 4.78 is 10.7. The Kier molecular flexibility index (Phi) is 7.09. The van der Waals surface area contributed by atoms with Crippen LogP contribution in [-0.2, 0) is 9.53 Å². The van der Waals surface area contributed by atoms with Gasteiger partial charge in [0.05, 0.1) is 6.10 Å². The third kappa shape index (κ3) is 5.21. The number of hydrogen-bond acceptors (Lipinski definition) is 4. The highest BCUT2D eigenvalue weighted by molar-refractivity contribution is 5.71. The normalized spacial score (nSPS) is 12.2. The van der Waals surface area contributed by atoms with E-state index >= 15 is 0 Å². The molecule has 0 fully saturated rings. The largest absolute Gasteiger partial charge is 0.482 e. The maximum atomic E-state index is 11.5. The summed E-state index contributed by atoms with van der Waals surface area (Å²) in [5.41, 5.74) is 1.08. The molecule has 1 rings (SSSR count). The first-order chi connectivity index (χ1) is 9.58. The smallest absolute Gasteiger partial charge is 0.344 e. The van der Waals surface area contributed by atoms with Gasteiger partial charge in [0.2, 0.25) is 0 Å². The predicted molar refractivity (Wildman–Crippen MR) is 79.9 cm³/mol. The van der Waals surface area contributed by atoms with Crippen molar-refractivity contribution in [3.63, 3.8) is 0 Å². The van der Waals surface area contributed by atoms with E-state index in [9.17, 15) is 4.79 Å². The number of esters is 1. The molecule has 0 amide bonds. The van der Waals surface area contributed by atoms with Gasteiger partial charge in [-0.25, -0.2) is 4.79 Å². The molecule has 0 aliphatic carbocycles. The molecule has 112 valence electrons. The van der Waals surface area contributed by atoms with Crippen molar-refractivity contribution >= 4 is 5.97 Å². The monoisotopic (exact) mass is 279 g/mol. The minimum absolute atomic E-state index is 0.0578. The topological polar surface area (TPSA) is 47.6 Å². The van der Waals surface area contributed by atoms with E-state index in [1.165, 1.54) is 0 Å². The van der Waals surface area contributed by atoms with Gasteiger partial charge < -0.3 is 14.8 Å². The third-order valence-corrected chi connectivity index (χ3v) is 2.87. The van der Waals surface area contributed by atoms with Crippen LogP contribution in [0.3, 0.4) is 0 Å². The number of rotatable bonds is 8. The van der Waals surface area contributed by atoms with E-state index in [1.54, 1.807) is 0 Å². The van der Waals surface area contributed by atoms with Crippen molar-refractivity contribution in [2.45, 2.75) is 46.3 Å². The molecule has 4 heteroatoms. The number of para-hydroxylation sites is 1. The fourth-order valence-corrected chi connectivity index (χ4v) is 2.05. The van der Waals surface area contributed by atoms with Crippen molar-refractivity contribution in [1.82, 2.24) is 5.32 Å². The van der Waals surface area contributed by atoms with E-state index in [0.717, 1.165) is 24.3 Å². The van der Waals surface area contributed by atoms with Gasteiger partial charge >= 0.3 is 5.97 Å². The number of hydrogen-bond donors (Lipinski definition) is 1. The first-order valence-corrected chi connectivity index (χ1v) is 7.23. The lowest BCUT2D eigenvalue weighted by Gasteiger charge is -2.20. The van der Waals surface area contributed by atoms with Crippen LogP contribution in [-0.4, -0.2) is 25.2 Å². The van der Waals surface area contributed by atoms with Crippen molar-refractivity contribution in [3.05, 3.63) is 29.8 Å². The van der Waals surface area contributed by atoms with E-state index in [4.69, 9.17) is 9.47 Å². The van der Waals surface area contributed by atoms with Gasteiger partial charge in [0.25, 0.3) is 0 Å². The zero-order chi connectivity index (χ0) is 15.0. The minimum atomic E-state index is -0.341. The van der Waals surface area contributed by atoms with Crippen LogP contribution in [0.2, 0.25) is 0 Å². The maximum Gasteiger partial charge on any atom is 0.344 e. The van der Waals surface area contributed by atoms with Crippen LogP contribution in [0.1, 0.15) is 45.7 Å². The van der Waals surface area contributed by atoms with Crippen LogP contribution in [0, 0.1) is 0 Å². The van der Waals surface area contributed by atoms with Crippen molar-refractivity contribution < 1.29 is 14.3 Å². The molecule has 0 aliphatic heterocycles. The molecule has 0 saturated heterocycles. The number of ether oxygens (including phenoxy) is 2. The lowest BCUT2D eigenvalue weighted by atomic mass is 10.0. The van der Waals surface area contributed by atoms with Crippen molar-refractivity contribution in [2.24, 2.45) is 0 Å². The molecule has 0 aromatic heterocycles. The van der Waals surface area contributed by atoms with Gasteiger partial charge in [-0.2, -0.15) is 0 Å². The average Bonchev–Trinajstić information content (AvgIpc) is 2.42. The number of carbonyl (C=O) groups is 1. The highest BCUT2D eigenvalue weighted by atomic mass is 16.6. The van der Waals surface area contributed by atoms with Crippen LogP contribution in [0.4, 0.5) is 0 Å². The van der Waals surface area contributed by atoms with Gasteiger partial charge in [-0.3, -0.25) is 0 Å². The van der Waals surface area contributed by atoms with Gasteiger partial charge in [0, 0.05) is 11.6 Å². The van der Waals surface area contributed by atoms with Crippen molar-refractivity contribution in [1.29, 1.82) is 0 Å². The van der Waals surface area contributed by atoms with E-state index in [1.807, 2.05) is 38.1 Å². The quantitative estimate of drug-likeness (QED) is 0.743. The summed E-state index contributed by atoms with van der Waals surface area (Å²) in [6.45, 7) is 8.68. The van der Waals surface area contributed by atoms with Crippen LogP contribution < -0.4 is 10.1 Å². The molecular weight excluding hydrogens is 254 g/mol. The van der Waals surface area contributed by atoms with E-state index in [2.05, 4.69) is 19.2 Å². The summed E-state index contributed by atoms with van der Waals surface area (Å²) >= 11 is 0. The Morgan fingerprint density at radius 3 is 2.55 bits per heavy atom. The molecular formula is C16H25NO3. The molecule has 0 bridgehead atoms. The van der Waals surface area contributed by atoms with Crippen molar-refractivity contribution in [2.75, 3.05) is 13.2 Å². The predicted octanol–water partition coefficient (Wildman–Crippen LogP) is 3.08. The maximum absolute atomic E-state index is 11.5. The number of benzene rings is 1. The number of carbonyl (C=O) groups excluding carboxylic acids is 1. The average molecular weight is 279 g/mol. The summed E-state index contributed by atoms with van der Waals surface area (Å²) in [5.74, 6) is 0.396. The SMILES string of the molecule is CCNC(CC)c1ccccc1OCC(=O)OC(C)C. The lowest BCUT2D eigenvalue weighted by Crippen LogP contribution is -2.22. The second kappa shape index (κ2) is 8.59. The Bertz CT molecular complexity index is 418. The molecule has 1 aromatic rings. The summed E-state index contributed by atoms with van der Waals surface area (Å²) in [4.78, 5) is 11.5. The summed E-state index contributed by atoms with van der Waals surface area (Å²) in [6, 6.07) is 8.04. The highest BCUT2D eigenvalue weighted by Gasteiger charge is 2.14. The molecule has 1 aromatic carbocycles. The zero-order valence-corrected chi connectivity index (χ0v) is 12.8. The number of nitrogens with one attached hydrogen (secondary N) is 1. The van der Waals surface area contributed by atoms with Gasteiger partial charge in [0.1, 0.15) is 5.75 Å². The molecule has 0 heterocycles. The second-order valence-electron chi connectivity index (χ2n) is 4.88. The van der Waals surface area contributed by atoms with Gasteiger partial charge in [-0.1, -0.05) is 32.0 Å². The molecule has 0 aliphatic rings. The molecule has 1 atom stereocenters. The van der Waals surface area contributed by atoms with Gasteiger partial charge in [0.15, 0.2) is 6.61 Å². The Morgan fingerprint density at radius 1 is 1.25 bits per heavy atom. The molecule has 1 N–H and O–H groups in total. The van der Waals surface area contributed by atoms with Crippen molar-refractivity contribution in [3.8, 4) is 5.75 Å². The Labute approximate surface area is 121 Å². The Hall–Kier alpha value is -1.55. The Balaban J connectivity index is 2.72. The minimum Gasteiger partial charge on any atom is -0.482 e. The Morgan fingerprint density at radius 2 is 1.95 bits per heavy atom. The van der Waals surface area contributed by atoms with Crippen LogP contribution >= 0.6 is 0 Å². The van der Waals surface area contributed by atoms with Crippen LogP contribution in [0.25, 0.3) is 0 Å². The fraction of sp³-hybridized carbons (Fsp3) is 0.562. The molecule has 0 spiro atoms. The first kappa shape index (κ1) is 16.5. The highest BCUT2D eigenvalue weighted by Crippen LogP contribution is 2.27. The molecule has 0 radical (unpaired) electrons. The third-order valence-electron chi connectivity index (χ3n) is 2.87. The summed E-state index contributed by atoms with van der Waals surface area (Å²) in [6.07, 6.45) is 0.844. The summed E-state index contributed by atoms with van der Waals surface area (Å²) in [5, 5.41) is 3.41. The second-order valence-corrected chi connectivity index (χ2v) is 4.88. The fourth-order valence-electron chi connectivity index (χ4n) is 2.05. The summed E-state index contributed by atoms with van der Waals surface area (Å²) in [7, 11) is 0. The van der Waals surface area contributed by atoms with E-state index in [-0.39, 0.29) is 24.7 Å². The van der Waals surface area contributed by atoms with Gasteiger partial charge in [-0.15, -0.1) is 0 Å². The van der Waals surface area contributed by atoms with E-state index < -0.39 is 0 Å². The molecule has 20 heavy (non-hydrogen) atoms.